The molecule has 1 aliphatic rings. The van der Waals surface area contributed by atoms with Crippen LogP contribution in [0, 0.1) is 0 Å². The number of carbonyl (C=O) groups excluding carboxylic acids is 2. The number of nitrogens with zero attached hydrogens (tertiary/aromatic N) is 1. The number of thioether (sulfide) groups is 1. The minimum Gasteiger partial charge on any atom is -0.480 e. The summed E-state index contributed by atoms with van der Waals surface area (Å²) < 4.78 is 0. The summed E-state index contributed by atoms with van der Waals surface area (Å²) in [6.45, 7) is 2.67. The molecule has 1 aromatic carbocycles. The SMILES string of the molecule is CCN(CC(=O)O)C1CC(NC(=O)CSCC(=O)c2ccccc2)C1. The van der Waals surface area contributed by atoms with Gasteiger partial charge in [0.15, 0.2) is 5.78 Å². The van der Waals surface area contributed by atoms with Gasteiger partial charge >= 0.3 is 5.97 Å². The van der Waals surface area contributed by atoms with E-state index in [0.717, 1.165) is 12.8 Å². The fourth-order valence-corrected chi connectivity index (χ4v) is 3.61. The molecule has 0 aliphatic heterocycles. The van der Waals surface area contributed by atoms with Gasteiger partial charge in [0.1, 0.15) is 0 Å². The first-order chi connectivity index (χ1) is 12.0. The number of hydrogen-bond acceptors (Lipinski definition) is 5. The fourth-order valence-electron chi connectivity index (χ4n) is 2.89. The number of ketones is 1. The number of benzene rings is 1. The summed E-state index contributed by atoms with van der Waals surface area (Å²) in [5.74, 6) is -0.335. The molecular weight excluding hydrogens is 340 g/mol. The maximum atomic E-state index is 11.9. The lowest BCUT2D eigenvalue weighted by Crippen LogP contribution is -2.55. The number of aliphatic carboxylic acids is 1. The van der Waals surface area contributed by atoms with E-state index in [0.29, 0.717) is 12.1 Å². The summed E-state index contributed by atoms with van der Waals surface area (Å²) in [7, 11) is 0. The maximum absolute atomic E-state index is 11.9. The number of hydrogen-bond donors (Lipinski definition) is 2. The molecule has 1 saturated carbocycles. The zero-order valence-corrected chi connectivity index (χ0v) is 15.1. The molecule has 2 rings (SSSR count). The molecule has 0 heterocycles. The minimum atomic E-state index is -0.825. The minimum absolute atomic E-state index is 0.0226. The van der Waals surface area contributed by atoms with Gasteiger partial charge in [-0.25, -0.2) is 0 Å². The van der Waals surface area contributed by atoms with Crippen molar-refractivity contribution in [2.24, 2.45) is 0 Å². The second-order valence-corrected chi connectivity index (χ2v) is 7.11. The van der Waals surface area contributed by atoms with E-state index in [9.17, 15) is 14.4 Å². The number of rotatable bonds is 10. The highest BCUT2D eigenvalue weighted by molar-refractivity contribution is 8.00. The molecule has 0 saturated heterocycles. The average Bonchev–Trinajstić information content (AvgIpc) is 2.56. The third kappa shape index (κ3) is 6.17. The lowest BCUT2D eigenvalue weighted by molar-refractivity contribution is -0.139. The number of amides is 1. The molecule has 7 heteroatoms. The quantitative estimate of drug-likeness (QED) is 0.614. The standard InChI is InChI=1S/C18H24N2O4S/c1-2-20(10-18(23)24)15-8-14(9-15)19-17(22)12-25-11-16(21)13-6-4-3-5-7-13/h3-7,14-15H,2,8-12H2,1H3,(H,19,22)(H,23,24). The van der Waals surface area contributed by atoms with Crippen LogP contribution in [-0.4, -0.2) is 64.3 Å². The number of nitrogens with one attached hydrogen (secondary N) is 1. The molecule has 1 aromatic rings. The van der Waals surface area contributed by atoms with Crippen molar-refractivity contribution in [3.8, 4) is 0 Å². The van der Waals surface area contributed by atoms with E-state index < -0.39 is 5.97 Å². The van der Waals surface area contributed by atoms with Gasteiger partial charge in [-0.15, -0.1) is 11.8 Å². The van der Waals surface area contributed by atoms with Gasteiger partial charge < -0.3 is 10.4 Å². The van der Waals surface area contributed by atoms with Crippen LogP contribution in [-0.2, 0) is 9.59 Å². The van der Waals surface area contributed by atoms with Crippen LogP contribution >= 0.6 is 11.8 Å². The first-order valence-electron chi connectivity index (χ1n) is 8.40. The highest BCUT2D eigenvalue weighted by atomic mass is 32.2. The van der Waals surface area contributed by atoms with Gasteiger partial charge in [-0.3, -0.25) is 19.3 Å². The van der Waals surface area contributed by atoms with Crippen molar-refractivity contribution >= 4 is 29.4 Å². The van der Waals surface area contributed by atoms with Gasteiger partial charge in [-0.1, -0.05) is 37.3 Å². The number of carboxylic acid groups (broad SMARTS) is 1. The zero-order chi connectivity index (χ0) is 18.2. The van der Waals surface area contributed by atoms with Gasteiger partial charge in [-0.05, 0) is 19.4 Å². The van der Waals surface area contributed by atoms with E-state index in [1.54, 1.807) is 12.1 Å². The molecule has 6 nitrogen and oxygen atoms in total. The van der Waals surface area contributed by atoms with Gasteiger partial charge in [0.25, 0.3) is 0 Å². The van der Waals surface area contributed by atoms with E-state index in [1.807, 2.05) is 30.0 Å². The molecule has 0 unspecified atom stereocenters. The Labute approximate surface area is 152 Å². The second kappa shape index (κ2) is 9.58. The van der Waals surface area contributed by atoms with Crippen molar-refractivity contribution in [3.05, 3.63) is 35.9 Å². The molecule has 2 N–H and O–H groups in total. The summed E-state index contributed by atoms with van der Waals surface area (Å²) >= 11 is 1.31. The topological polar surface area (TPSA) is 86.7 Å². The molecule has 0 atom stereocenters. The Kier molecular flexibility index (Phi) is 7.46. The van der Waals surface area contributed by atoms with Crippen LogP contribution in [0.2, 0.25) is 0 Å². The zero-order valence-electron chi connectivity index (χ0n) is 14.3. The summed E-state index contributed by atoms with van der Waals surface area (Å²) in [5.41, 5.74) is 0.662. The van der Waals surface area contributed by atoms with Crippen LogP contribution in [0.5, 0.6) is 0 Å². The Hall–Kier alpha value is -1.86. The molecule has 25 heavy (non-hydrogen) atoms. The molecule has 0 bridgehead atoms. The molecule has 1 aliphatic carbocycles. The van der Waals surface area contributed by atoms with Crippen molar-refractivity contribution in [1.82, 2.24) is 10.2 Å². The lowest BCUT2D eigenvalue weighted by Gasteiger charge is -2.42. The molecule has 136 valence electrons. The Morgan fingerprint density at radius 2 is 1.88 bits per heavy atom. The number of carboxylic acids is 1. The van der Waals surface area contributed by atoms with Crippen molar-refractivity contribution in [2.45, 2.75) is 31.8 Å². The third-order valence-electron chi connectivity index (χ3n) is 4.30. The largest absolute Gasteiger partial charge is 0.480 e. The summed E-state index contributed by atoms with van der Waals surface area (Å²) in [6.07, 6.45) is 1.56. The summed E-state index contributed by atoms with van der Waals surface area (Å²) in [6, 6.07) is 9.37. The molecular formula is C18H24N2O4S. The van der Waals surface area contributed by atoms with Crippen LogP contribution in [0.1, 0.15) is 30.1 Å². The lowest BCUT2D eigenvalue weighted by atomic mass is 9.85. The van der Waals surface area contributed by atoms with Crippen LogP contribution in [0.4, 0.5) is 0 Å². The molecule has 0 spiro atoms. The van der Waals surface area contributed by atoms with Crippen LogP contribution in [0.15, 0.2) is 30.3 Å². The highest BCUT2D eigenvalue weighted by Gasteiger charge is 2.34. The maximum Gasteiger partial charge on any atom is 0.317 e. The molecule has 0 radical (unpaired) electrons. The van der Waals surface area contributed by atoms with Crippen molar-refractivity contribution in [3.63, 3.8) is 0 Å². The smallest absolute Gasteiger partial charge is 0.317 e. The third-order valence-corrected chi connectivity index (χ3v) is 5.23. The van der Waals surface area contributed by atoms with E-state index in [1.165, 1.54) is 11.8 Å². The van der Waals surface area contributed by atoms with Crippen molar-refractivity contribution in [1.29, 1.82) is 0 Å². The van der Waals surface area contributed by atoms with E-state index in [2.05, 4.69) is 5.32 Å². The fraction of sp³-hybridized carbons (Fsp3) is 0.500. The Bertz CT molecular complexity index is 602. The van der Waals surface area contributed by atoms with E-state index >= 15 is 0 Å². The van der Waals surface area contributed by atoms with Gasteiger partial charge in [0, 0.05) is 17.6 Å². The number of likely N-dealkylation sites (N-methyl/N-ethyl adjacent to an activating group) is 1. The van der Waals surface area contributed by atoms with Crippen LogP contribution in [0.25, 0.3) is 0 Å². The van der Waals surface area contributed by atoms with Crippen LogP contribution < -0.4 is 5.32 Å². The Balaban J connectivity index is 1.62. The highest BCUT2D eigenvalue weighted by Crippen LogP contribution is 2.25. The normalized spacial score (nSPS) is 19.3. The summed E-state index contributed by atoms with van der Waals surface area (Å²) in [5, 5.41) is 11.8. The number of Topliss-reactive ketones (excluding diaryl/α,β-unsaturated/α-hetero) is 1. The monoisotopic (exact) mass is 364 g/mol. The Morgan fingerprint density at radius 3 is 2.48 bits per heavy atom. The molecule has 1 amide bonds. The first kappa shape index (κ1) is 19.5. The van der Waals surface area contributed by atoms with E-state index in [-0.39, 0.29) is 41.8 Å². The number of carbonyl (C=O) groups is 3. The van der Waals surface area contributed by atoms with E-state index in [4.69, 9.17) is 5.11 Å². The predicted molar refractivity (Wildman–Crippen MR) is 97.9 cm³/mol. The first-order valence-corrected chi connectivity index (χ1v) is 9.56. The van der Waals surface area contributed by atoms with Gasteiger partial charge in [0.05, 0.1) is 18.1 Å². The van der Waals surface area contributed by atoms with Gasteiger partial charge in [0.2, 0.25) is 5.91 Å². The second-order valence-electron chi connectivity index (χ2n) is 6.13. The summed E-state index contributed by atoms with van der Waals surface area (Å²) in [4.78, 5) is 36.6. The Morgan fingerprint density at radius 1 is 1.20 bits per heavy atom. The van der Waals surface area contributed by atoms with Crippen LogP contribution in [0.3, 0.4) is 0 Å². The average molecular weight is 364 g/mol. The molecule has 0 aromatic heterocycles. The predicted octanol–water partition coefficient (Wildman–Crippen LogP) is 1.66. The molecule has 1 fully saturated rings. The van der Waals surface area contributed by atoms with Crippen molar-refractivity contribution in [2.75, 3.05) is 24.6 Å². The van der Waals surface area contributed by atoms with Gasteiger partial charge in [-0.2, -0.15) is 0 Å². The van der Waals surface area contributed by atoms with Crippen molar-refractivity contribution < 1.29 is 19.5 Å².